The van der Waals surface area contributed by atoms with Crippen LogP contribution in [-0.2, 0) is 10.0 Å². The van der Waals surface area contributed by atoms with E-state index in [9.17, 15) is 17.2 Å². The number of hydrogen-bond donors (Lipinski definition) is 0. The van der Waals surface area contributed by atoms with Gasteiger partial charge in [-0.3, -0.25) is 4.31 Å². The third kappa shape index (κ3) is 3.50. The second kappa shape index (κ2) is 6.78. The fraction of sp³-hybridized carbons (Fsp3) is 0.125. The molecule has 0 spiro atoms. The van der Waals surface area contributed by atoms with Gasteiger partial charge in [-0.25, -0.2) is 17.2 Å². The van der Waals surface area contributed by atoms with E-state index in [1.807, 2.05) is 0 Å². The van der Waals surface area contributed by atoms with Crippen LogP contribution in [0.15, 0.2) is 60.0 Å². The first-order chi connectivity index (χ1) is 10.9. The van der Waals surface area contributed by atoms with Gasteiger partial charge in [0.05, 0.1) is 24.2 Å². The van der Waals surface area contributed by atoms with Crippen LogP contribution in [0.2, 0.25) is 0 Å². The van der Waals surface area contributed by atoms with E-state index in [4.69, 9.17) is 4.74 Å². The van der Waals surface area contributed by atoms with Crippen molar-refractivity contribution in [2.45, 2.75) is 4.90 Å². The molecule has 0 aromatic heterocycles. The molecule has 0 heterocycles. The van der Waals surface area contributed by atoms with Crippen molar-refractivity contribution in [1.29, 1.82) is 0 Å². The fourth-order valence-electron chi connectivity index (χ4n) is 2.03. The Morgan fingerprint density at radius 1 is 1.22 bits per heavy atom. The summed E-state index contributed by atoms with van der Waals surface area (Å²) in [6.45, 7) is 3.42. The summed E-state index contributed by atoms with van der Waals surface area (Å²) < 4.78 is 58.4. The smallest absolute Gasteiger partial charge is 0.264 e. The van der Waals surface area contributed by atoms with Crippen molar-refractivity contribution < 1.29 is 21.9 Å². The Morgan fingerprint density at radius 2 is 1.96 bits per heavy atom. The maximum absolute atomic E-state index is 13.8. The highest BCUT2D eigenvalue weighted by Crippen LogP contribution is 2.27. The molecule has 0 saturated heterocycles. The summed E-state index contributed by atoms with van der Waals surface area (Å²) in [6, 6.07) is 8.45. The number of hydrogen-bond acceptors (Lipinski definition) is 3. The predicted octanol–water partition coefficient (Wildman–Crippen LogP) is 3.35. The minimum atomic E-state index is -4.08. The first kappa shape index (κ1) is 17.0. The van der Waals surface area contributed by atoms with Crippen molar-refractivity contribution >= 4 is 15.7 Å². The predicted molar refractivity (Wildman–Crippen MR) is 84.1 cm³/mol. The molecule has 0 fully saturated rings. The number of methoxy groups -OCH3 is 1. The zero-order valence-corrected chi connectivity index (χ0v) is 13.2. The van der Waals surface area contributed by atoms with E-state index < -0.39 is 21.7 Å². The largest absolute Gasteiger partial charge is 0.494 e. The van der Waals surface area contributed by atoms with Crippen LogP contribution in [0.3, 0.4) is 0 Å². The number of nitrogens with zero attached hydrogens (tertiary/aromatic N) is 1. The second-order valence-electron chi connectivity index (χ2n) is 4.60. The molecule has 0 aliphatic carbocycles. The van der Waals surface area contributed by atoms with Gasteiger partial charge in [-0.05, 0) is 36.4 Å². The quantitative estimate of drug-likeness (QED) is 0.758. The van der Waals surface area contributed by atoms with E-state index in [2.05, 4.69) is 6.58 Å². The summed E-state index contributed by atoms with van der Waals surface area (Å²) in [7, 11) is -2.80. The molecule has 2 aromatic carbocycles. The normalized spacial score (nSPS) is 11.1. The molecule has 2 rings (SSSR count). The molecule has 7 heteroatoms. The second-order valence-corrected chi connectivity index (χ2v) is 6.46. The number of ether oxygens (including phenoxy) is 1. The van der Waals surface area contributed by atoms with Crippen LogP contribution in [0, 0.1) is 11.6 Å². The average Bonchev–Trinajstić information content (AvgIpc) is 2.52. The molecular formula is C16H15F2NO3S. The molecular weight excluding hydrogens is 324 g/mol. The number of rotatable bonds is 6. The van der Waals surface area contributed by atoms with Crippen molar-refractivity contribution in [3.63, 3.8) is 0 Å². The monoisotopic (exact) mass is 339 g/mol. The molecule has 0 bridgehead atoms. The zero-order chi connectivity index (χ0) is 17.0. The topological polar surface area (TPSA) is 46.6 Å². The summed E-state index contributed by atoms with van der Waals surface area (Å²) in [6.07, 6.45) is 1.36. The van der Waals surface area contributed by atoms with Gasteiger partial charge in [0.1, 0.15) is 5.82 Å². The maximum atomic E-state index is 13.8. The van der Waals surface area contributed by atoms with E-state index >= 15 is 0 Å². The Morgan fingerprint density at radius 3 is 2.52 bits per heavy atom. The Balaban J connectivity index is 2.53. The van der Waals surface area contributed by atoms with E-state index in [1.165, 1.54) is 43.5 Å². The lowest BCUT2D eigenvalue weighted by Crippen LogP contribution is -2.31. The highest BCUT2D eigenvalue weighted by atomic mass is 32.2. The minimum Gasteiger partial charge on any atom is -0.494 e. The summed E-state index contributed by atoms with van der Waals surface area (Å²) in [4.78, 5) is -0.262. The van der Waals surface area contributed by atoms with Crippen molar-refractivity contribution in [3.8, 4) is 5.75 Å². The molecule has 2 aromatic rings. The van der Waals surface area contributed by atoms with Crippen molar-refractivity contribution in [3.05, 3.63) is 66.8 Å². The van der Waals surface area contributed by atoms with Crippen LogP contribution in [0.5, 0.6) is 5.75 Å². The molecule has 0 unspecified atom stereocenters. The Kier molecular flexibility index (Phi) is 5.00. The van der Waals surface area contributed by atoms with Crippen LogP contribution < -0.4 is 9.04 Å². The van der Waals surface area contributed by atoms with Gasteiger partial charge < -0.3 is 4.74 Å². The first-order valence-electron chi connectivity index (χ1n) is 6.63. The number of benzene rings is 2. The Bertz CT molecular complexity index is 822. The van der Waals surface area contributed by atoms with Crippen LogP contribution in [0.4, 0.5) is 14.5 Å². The van der Waals surface area contributed by atoms with E-state index in [-0.39, 0.29) is 22.9 Å². The number of sulfonamides is 1. The van der Waals surface area contributed by atoms with Gasteiger partial charge in [0, 0.05) is 0 Å². The molecule has 0 radical (unpaired) electrons. The summed E-state index contributed by atoms with van der Waals surface area (Å²) >= 11 is 0. The van der Waals surface area contributed by atoms with Gasteiger partial charge in [-0.15, -0.1) is 6.58 Å². The molecule has 0 N–H and O–H groups in total. The third-order valence-electron chi connectivity index (χ3n) is 3.10. The Labute approximate surface area is 133 Å². The van der Waals surface area contributed by atoms with E-state index in [0.717, 1.165) is 16.4 Å². The van der Waals surface area contributed by atoms with Crippen molar-refractivity contribution in [1.82, 2.24) is 0 Å². The van der Waals surface area contributed by atoms with Gasteiger partial charge in [0.25, 0.3) is 10.0 Å². The lowest BCUT2D eigenvalue weighted by Gasteiger charge is -2.23. The van der Waals surface area contributed by atoms with Crippen LogP contribution in [0.25, 0.3) is 0 Å². The van der Waals surface area contributed by atoms with Crippen LogP contribution in [0.1, 0.15) is 0 Å². The molecule has 4 nitrogen and oxygen atoms in total. The maximum Gasteiger partial charge on any atom is 0.264 e. The molecule has 0 aliphatic heterocycles. The first-order valence-corrected chi connectivity index (χ1v) is 8.07. The van der Waals surface area contributed by atoms with Gasteiger partial charge in [0.15, 0.2) is 11.6 Å². The Hall–Kier alpha value is -2.41. The van der Waals surface area contributed by atoms with E-state index in [1.54, 1.807) is 0 Å². The zero-order valence-electron chi connectivity index (χ0n) is 12.4. The molecule has 0 aliphatic rings. The minimum absolute atomic E-state index is 0.0648. The summed E-state index contributed by atoms with van der Waals surface area (Å²) in [5, 5.41) is 0. The highest BCUT2D eigenvalue weighted by molar-refractivity contribution is 7.92. The molecule has 0 atom stereocenters. The van der Waals surface area contributed by atoms with Gasteiger partial charge in [0.2, 0.25) is 0 Å². The SMILES string of the molecule is C=CCN(c1cccc(F)c1)S(=O)(=O)c1ccc(OC)c(F)c1. The lowest BCUT2D eigenvalue weighted by atomic mass is 10.3. The fourth-order valence-corrected chi connectivity index (χ4v) is 3.47. The molecule has 23 heavy (non-hydrogen) atoms. The standard InChI is InChI=1S/C16H15F2NO3S/c1-3-9-19(13-6-4-5-12(17)10-13)23(20,21)14-7-8-16(22-2)15(18)11-14/h3-8,10-11H,1,9H2,2H3. The van der Waals surface area contributed by atoms with Crippen LogP contribution >= 0.6 is 0 Å². The molecule has 0 saturated carbocycles. The van der Waals surface area contributed by atoms with Crippen molar-refractivity contribution in [2.75, 3.05) is 18.0 Å². The molecule has 122 valence electrons. The van der Waals surface area contributed by atoms with Crippen molar-refractivity contribution in [2.24, 2.45) is 0 Å². The lowest BCUT2D eigenvalue weighted by molar-refractivity contribution is 0.385. The van der Waals surface area contributed by atoms with Crippen LogP contribution in [-0.4, -0.2) is 22.1 Å². The average molecular weight is 339 g/mol. The van der Waals surface area contributed by atoms with E-state index in [0.29, 0.717) is 0 Å². The highest BCUT2D eigenvalue weighted by Gasteiger charge is 2.25. The number of halogens is 2. The third-order valence-corrected chi connectivity index (χ3v) is 4.89. The van der Waals surface area contributed by atoms with Gasteiger partial charge >= 0.3 is 0 Å². The molecule has 0 amide bonds. The van der Waals surface area contributed by atoms with Gasteiger partial charge in [-0.1, -0.05) is 12.1 Å². The summed E-state index contributed by atoms with van der Waals surface area (Å²) in [5.74, 6) is -1.44. The van der Waals surface area contributed by atoms with Gasteiger partial charge in [-0.2, -0.15) is 0 Å². The summed E-state index contributed by atoms with van der Waals surface area (Å²) in [5.41, 5.74) is 0.126. The number of anilines is 1.